The SMILES string of the molecule is NCCCCCCC(=O)N1CCC(C(=O)c2ccccc2)CC1. The van der Waals surface area contributed by atoms with Crippen LogP contribution in [0.1, 0.15) is 55.3 Å². The molecule has 0 bridgehead atoms. The van der Waals surface area contributed by atoms with E-state index in [1.807, 2.05) is 35.2 Å². The van der Waals surface area contributed by atoms with Crippen LogP contribution in [-0.4, -0.2) is 36.2 Å². The Bertz CT molecular complexity index is 493. The number of rotatable bonds is 8. The summed E-state index contributed by atoms with van der Waals surface area (Å²) in [6.07, 6.45) is 6.37. The first-order chi connectivity index (χ1) is 11.2. The lowest BCUT2D eigenvalue weighted by molar-refractivity contribution is -0.132. The van der Waals surface area contributed by atoms with Crippen LogP contribution in [0.25, 0.3) is 0 Å². The molecule has 0 radical (unpaired) electrons. The maximum Gasteiger partial charge on any atom is 0.222 e. The molecule has 1 aliphatic heterocycles. The van der Waals surface area contributed by atoms with Crippen molar-refractivity contribution in [1.29, 1.82) is 0 Å². The Labute approximate surface area is 139 Å². The molecular formula is C19H28N2O2. The van der Waals surface area contributed by atoms with Crippen molar-refractivity contribution < 1.29 is 9.59 Å². The van der Waals surface area contributed by atoms with Gasteiger partial charge in [0.25, 0.3) is 0 Å². The summed E-state index contributed by atoms with van der Waals surface area (Å²) in [4.78, 5) is 26.6. The van der Waals surface area contributed by atoms with E-state index in [-0.39, 0.29) is 17.6 Å². The molecule has 1 amide bonds. The van der Waals surface area contributed by atoms with Gasteiger partial charge in [0.05, 0.1) is 0 Å². The lowest BCUT2D eigenvalue weighted by atomic mass is 9.89. The van der Waals surface area contributed by atoms with Crippen molar-refractivity contribution in [3.63, 3.8) is 0 Å². The van der Waals surface area contributed by atoms with Crippen LogP contribution in [0.4, 0.5) is 0 Å². The molecule has 2 N–H and O–H groups in total. The first kappa shape index (κ1) is 17.7. The van der Waals surface area contributed by atoms with E-state index in [0.717, 1.165) is 50.6 Å². The Hall–Kier alpha value is -1.68. The molecule has 0 spiro atoms. The average molecular weight is 316 g/mol. The molecule has 0 aromatic heterocycles. The first-order valence-corrected chi connectivity index (χ1v) is 8.79. The predicted molar refractivity (Wildman–Crippen MR) is 92.2 cm³/mol. The van der Waals surface area contributed by atoms with Crippen LogP contribution in [0.2, 0.25) is 0 Å². The number of Topliss-reactive ketones (excluding diaryl/α,β-unsaturated/α-hetero) is 1. The summed E-state index contributed by atoms with van der Waals surface area (Å²) in [6, 6.07) is 9.47. The van der Waals surface area contributed by atoms with Crippen LogP contribution >= 0.6 is 0 Å². The molecule has 1 aromatic rings. The highest BCUT2D eigenvalue weighted by Crippen LogP contribution is 2.22. The zero-order chi connectivity index (χ0) is 16.5. The molecule has 23 heavy (non-hydrogen) atoms. The van der Waals surface area contributed by atoms with Crippen LogP contribution in [0.5, 0.6) is 0 Å². The Morgan fingerprint density at radius 3 is 2.30 bits per heavy atom. The number of benzene rings is 1. The van der Waals surface area contributed by atoms with Crippen molar-refractivity contribution in [2.24, 2.45) is 11.7 Å². The van der Waals surface area contributed by atoms with Crippen molar-refractivity contribution in [1.82, 2.24) is 4.90 Å². The fourth-order valence-electron chi connectivity index (χ4n) is 3.16. The van der Waals surface area contributed by atoms with Crippen molar-refractivity contribution in [3.05, 3.63) is 35.9 Å². The monoisotopic (exact) mass is 316 g/mol. The van der Waals surface area contributed by atoms with Gasteiger partial charge in [-0.1, -0.05) is 43.2 Å². The molecule has 1 aromatic carbocycles. The van der Waals surface area contributed by atoms with Crippen LogP contribution in [0.3, 0.4) is 0 Å². The Morgan fingerprint density at radius 1 is 1.00 bits per heavy atom. The lowest BCUT2D eigenvalue weighted by Crippen LogP contribution is -2.40. The van der Waals surface area contributed by atoms with E-state index >= 15 is 0 Å². The van der Waals surface area contributed by atoms with E-state index in [1.165, 1.54) is 0 Å². The molecule has 0 atom stereocenters. The van der Waals surface area contributed by atoms with Gasteiger partial charge in [-0.25, -0.2) is 0 Å². The van der Waals surface area contributed by atoms with Crippen LogP contribution < -0.4 is 5.73 Å². The van der Waals surface area contributed by atoms with E-state index in [9.17, 15) is 9.59 Å². The molecule has 0 unspecified atom stereocenters. The summed E-state index contributed by atoms with van der Waals surface area (Å²) in [5, 5.41) is 0. The van der Waals surface area contributed by atoms with Crippen molar-refractivity contribution >= 4 is 11.7 Å². The highest BCUT2D eigenvalue weighted by molar-refractivity contribution is 5.98. The highest BCUT2D eigenvalue weighted by atomic mass is 16.2. The topological polar surface area (TPSA) is 63.4 Å². The largest absolute Gasteiger partial charge is 0.343 e. The van der Waals surface area contributed by atoms with Gasteiger partial charge < -0.3 is 10.6 Å². The average Bonchev–Trinajstić information content (AvgIpc) is 2.61. The Kier molecular flexibility index (Phi) is 7.27. The molecule has 1 fully saturated rings. The zero-order valence-electron chi connectivity index (χ0n) is 13.9. The van der Waals surface area contributed by atoms with Crippen LogP contribution in [-0.2, 0) is 4.79 Å². The number of hydrogen-bond acceptors (Lipinski definition) is 3. The Balaban J connectivity index is 1.71. The van der Waals surface area contributed by atoms with Crippen LogP contribution in [0, 0.1) is 5.92 Å². The fourth-order valence-corrected chi connectivity index (χ4v) is 3.16. The first-order valence-electron chi connectivity index (χ1n) is 8.79. The maximum absolute atomic E-state index is 12.4. The van der Waals surface area contributed by atoms with E-state index in [4.69, 9.17) is 5.73 Å². The fraction of sp³-hybridized carbons (Fsp3) is 0.579. The Morgan fingerprint density at radius 2 is 1.65 bits per heavy atom. The summed E-state index contributed by atoms with van der Waals surface area (Å²) < 4.78 is 0. The normalized spacial score (nSPS) is 15.6. The van der Waals surface area contributed by atoms with Gasteiger partial charge >= 0.3 is 0 Å². The zero-order valence-corrected chi connectivity index (χ0v) is 13.9. The van der Waals surface area contributed by atoms with Crippen molar-refractivity contribution in [2.75, 3.05) is 19.6 Å². The highest BCUT2D eigenvalue weighted by Gasteiger charge is 2.27. The van der Waals surface area contributed by atoms with E-state index in [2.05, 4.69) is 0 Å². The van der Waals surface area contributed by atoms with Gasteiger partial charge in [0.1, 0.15) is 0 Å². The number of piperidine rings is 1. The van der Waals surface area contributed by atoms with E-state index < -0.39 is 0 Å². The quantitative estimate of drug-likeness (QED) is 0.592. The predicted octanol–water partition coefficient (Wildman–Crippen LogP) is 3.02. The third-order valence-corrected chi connectivity index (χ3v) is 4.62. The number of nitrogens with two attached hydrogens (primary N) is 1. The number of carbonyl (C=O) groups excluding carboxylic acids is 2. The summed E-state index contributed by atoms with van der Waals surface area (Å²) in [5.41, 5.74) is 6.25. The van der Waals surface area contributed by atoms with E-state index in [0.29, 0.717) is 19.5 Å². The minimum atomic E-state index is 0.0611. The van der Waals surface area contributed by atoms with Crippen molar-refractivity contribution in [2.45, 2.75) is 44.9 Å². The lowest BCUT2D eigenvalue weighted by Gasteiger charge is -2.31. The summed E-state index contributed by atoms with van der Waals surface area (Å²) in [5.74, 6) is 0.522. The summed E-state index contributed by atoms with van der Waals surface area (Å²) in [6.45, 7) is 2.16. The third-order valence-electron chi connectivity index (χ3n) is 4.62. The molecule has 4 nitrogen and oxygen atoms in total. The number of carbonyl (C=O) groups is 2. The number of unbranched alkanes of at least 4 members (excludes halogenated alkanes) is 3. The van der Waals surface area contributed by atoms with Crippen molar-refractivity contribution in [3.8, 4) is 0 Å². The van der Waals surface area contributed by atoms with Gasteiger partial charge in [0.15, 0.2) is 5.78 Å². The molecule has 1 aliphatic rings. The standard InChI is InChI=1S/C19H28N2O2/c20-13-7-2-1-6-10-18(22)21-14-11-17(12-15-21)19(23)16-8-4-3-5-9-16/h3-5,8-9,17H,1-2,6-7,10-15,20H2. The molecule has 1 saturated heterocycles. The molecule has 0 saturated carbocycles. The third kappa shape index (κ3) is 5.47. The minimum absolute atomic E-state index is 0.0611. The van der Waals surface area contributed by atoms with Gasteiger partial charge in [-0.3, -0.25) is 9.59 Å². The molecule has 126 valence electrons. The number of amides is 1. The van der Waals surface area contributed by atoms with Gasteiger partial charge in [0.2, 0.25) is 5.91 Å². The molecule has 4 heteroatoms. The van der Waals surface area contributed by atoms with E-state index in [1.54, 1.807) is 0 Å². The molecule has 0 aliphatic carbocycles. The number of nitrogens with zero attached hydrogens (tertiary/aromatic N) is 1. The molecule has 1 heterocycles. The second-order valence-corrected chi connectivity index (χ2v) is 6.34. The summed E-state index contributed by atoms with van der Waals surface area (Å²) >= 11 is 0. The number of likely N-dealkylation sites (tertiary alicyclic amines) is 1. The summed E-state index contributed by atoms with van der Waals surface area (Å²) in [7, 11) is 0. The van der Waals surface area contributed by atoms with Crippen LogP contribution in [0.15, 0.2) is 30.3 Å². The number of ketones is 1. The van der Waals surface area contributed by atoms with Gasteiger partial charge in [-0.2, -0.15) is 0 Å². The maximum atomic E-state index is 12.4. The molecular weight excluding hydrogens is 288 g/mol. The van der Waals surface area contributed by atoms with Gasteiger partial charge in [-0.15, -0.1) is 0 Å². The van der Waals surface area contributed by atoms with Gasteiger partial charge in [0, 0.05) is 31.0 Å². The van der Waals surface area contributed by atoms with Gasteiger partial charge in [-0.05, 0) is 32.2 Å². The second kappa shape index (κ2) is 9.46. The second-order valence-electron chi connectivity index (χ2n) is 6.34. The smallest absolute Gasteiger partial charge is 0.222 e. The minimum Gasteiger partial charge on any atom is -0.343 e. The molecule has 2 rings (SSSR count). The number of hydrogen-bond donors (Lipinski definition) is 1.